The first-order chi connectivity index (χ1) is 7.78. The fourth-order valence-electron chi connectivity index (χ4n) is 1.81. The van der Waals surface area contributed by atoms with Crippen molar-refractivity contribution in [3.8, 4) is 6.07 Å². The van der Waals surface area contributed by atoms with Crippen LogP contribution >= 0.6 is 0 Å². The van der Waals surface area contributed by atoms with E-state index in [1.54, 1.807) is 12.3 Å². The molecule has 84 valence electrons. The van der Waals surface area contributed by atoms with E-state index in [9.17, 15) is 0 Å². The zero-order valence-electron chi connectivity index (χ0n) is 9.10. The second-order valence-electron chi connectivity index (χ2n) is 4.08. The third kappa shape index (κ3) is 2.63. The first kappa shape index (κ1) is 10.7. The Morgan fingerprint density at radius 3 is 3.06 bits per heavy atom. The Morgan fingerprint density at radius 2 is 2.38 bits per heavy atom. The third-order valence-electron chi connectivity index (χ3n) is 2.77. The van der Waals surface area contributed by atoms with Gasteiger partial charge in [-0.15, -0.1) is 0 Å². The van der Waals surface area contributed by atoms with Crippen LogP contribution in [0.2, 0.25) is 0 Å². The predicted octanol–water partition coefficient (Wildman–Crippen LogP) is 1.85. The van der Waals surface area contributed by atoms with Gasteiger partial charge in [0.05, 0.1) is 12.0 Å². The van der Waals surface area contributed by atoms with Gasteiger partial charge in [0.15, 0.2) is 0 Å². The number of rotatable bonds is 2. The topological polar surface area (TPSA) is 71.4 Å². The van der Waals surface area contributed by atoms with E-state index < -0.39 is 0 Å². The van der Waals surface area contributed by atoms with Crippen molar-refractivity contribution in [2.45, 2.75) is 31.8 Å². The molecule has 4 nitrogen and oxygen atoms in total. The van der Waals surface area contributed by atoms with Gasteiger partial charge in [0.25, 0.3) is 0 Å². The van der Waals surface area contributed by atoms with Gasteiger partial charge in [-0.05, 0) is 18.9 Å². The molecule has 0 saturated heterocycles. The molecule has 2 N–H and O–H groups in total. The Kier molecular flexibility index (Phi) is 3.25. The van der Waals surface area contributed by atoms with Crippen LogP contribution in [-0.2, 0) is 4.74 Å². The van der Waals surface area contributed by atoms with Crippen molar-refractivity contribution in [2.75, 3.05) is 0 Å². The van der Waals surface area contributed by atoms with Crippen LogP contribution in [0.25, 0.3) is 0 Å². The minimum Gasteiger partial charge on any atom is -0.474 e. The van der Waals surface area contributed by atoms with E-state index >= 15 is 0 Å². The molecule has 2 aliphatic rings. The quantitative estimate of drug-likeness (QED) is 0.767. The molecule has 1 heterocycles. The molecule has 2 unspecified atom stereocenters. The van der Waals surface area contributed by atoms with Gasteiger partial charge in [0.2, 0.25) is 5.88 Å². The SMILES string of the molecule is N#CC1C=C(OC2CC=C(N)CC2)N=CC1. The second kappa shape index (κ2) is 4.84. The minimum atomic E-state index is -0.100. The van der Waals surface area contributed by atoms with Crippen LogP contribution in [0.1, 0.15) is 25.7 Å². The van der Waals surface area contributed by atoms with E-state index in [1.807, 2.05) is 6.08 Å². The molecule has 0 bridgehead atoms. The summed E-state index contributed by atoms with van der Waals surface area (Å²) < 4.78 is 5.72. The number of hydrogen-bond donors (Lipinski definition) is 1. The Balaban J connectivity index is 1.93. The summed E-state index contributed by atoms with van der Waals surface area (Å²) in [6, 6.07) is 2.20. The van der Waals surface area contributed by atoms with Crippen LogP contribution < -0.4 is 5.73 Å². The van der Waals surface area contributed by atoms with Crippen molar-refractivity contribution in [1.29, 1.82) is 5.26 Å². The monoisotopic (exact) mass is 217 g/mol. The summed E-state index contributed by atoms with van der Waals surface area (Å²) in [7, 11) is 0. The van der Waals surface area contributed by atoms with Crippen LogP contribution in [-0.4, -0.2) is 12.3 Å². The summed E-state index contributed by atoms with van der Waals surface area (Å²) in [6.07, 6.45) is 9.00. The molecule has 0 aromatic rings. The molecule has 0 radical (unpaired) electrons. The van der Waals surface area contributed by atoms with Gasteiger partial charge < -0.3 is 10.5 Å². The zero-order chi connectivity index (χ0) is 11.4. The van der Waals surface area contributed by atoms with Crippen LogP contribution in [0.15, 0.2) is 28.7 Å². The molecule has 4 heteroatoms. The Bertz CT molecular complexity index is 390. The van der Waals surface area contributed by atoms with Gasteiger partial charge in [0.1, 0.15) is 6.10 Å². The van der Waals surface area contributed by atoms with Gasteiger partial charge in [-0.3, -0.25) is 0 Å². The molecule has 2 rings (SSSR count). The molecular weight excluding hydrogens is 202 g/mol. The average molecular weight is 217 g/mol. The molecule has 0 fully saturated rings. The van der Waals surface area contributed by atoms with Crippen molar-refractivity contribution < 1.29 is 4.74 Å². The van der Waals surface area contributed by atoms with Crippen LogP contribution in [0.3, 0.4) is 0 Å². The molecule has 0 amide bonds. The summed E-state index contributed by atoms with van der Waals surface area (Å²) >= 11 is 0. The van der Waals surface area contributed by atoms with Crippen molar-refractivity contribution in [2.24, 2.45) is 16.6 Å². The maximum absolute atomic E-state index is 8.81. The predicted molar refractivity (Wildman–Crippen MR) is 61.3 cm³/mol. The fourth-order valence-corrected chi connectivity index (χ4v) is 1.81. The number of allylic oxidation sites excluding steroid dienone is 2. The van der Waals surface area contributed by atoms with E-state index in [2.05, 4.69) is 11.1 Å². The lowest BCUT2D eigenvalue weighted by Gasteiger charge is -2.22. The molecule has 1 aliphatic heterocycles. The lowest BCUT2D eigenvalue weighted by atomic mass is 10.0. The van der Waals surface area contributed by atoms with E-state index in [0.717, 1.165) is 25.0 Å². The highest BCUT2D eigenvalue weighted by Crippen LogP contribution is 2.22. The Hall–Kier alpha value is -1.76. The van der Waals surface area contributed by atoms with Crippen LogP contribution in [0.5, 0.6) is 0 Å². The van der Waals surface area contributed by atoms with Crippen molar-refractivity contribution in [3.05, 3.63) is 23.7 Å². The Labute approximate surface area is 95.1 Å². The van der Waals surface area contributed by atoms with Gasteiger partial charge >= 0.3 is 0 Å². The number of ether oxygens (including phenoxy) is 1. The maximum atomic E-state index is 8.81. The summed E-state index contributed by atoms with van der Waals surface area (Å²) in [5.41, 5.74) is 6.63. The molecule has 1 aliphatic carbocycles. The molecule has 0 saturated carbocycles. The van der Waals surface area contributed by atoms with Gasteiger partial charge in [-0.2, -0.15) is 5.26 Å². The standard InChI is InChI=1S/C12H15N3O/c13-8-9-5-6-15-12(7-9)16-11-3-1-10(14)2-4-11/h1,6-7,9,11H,2-5,14H2. The zero-order valence-corrected chi connectivity index (χ0v) is 9.10. The number of aliphatic imine (C=N–C) groups is 1. The lowest BCUT2D eigenvalue weighted by molar-refractivity contribution is 0.103. The number of nitriles is 1. The van der Waals surface area contributed by atoms with Crippen LogP contribution in [0, 0.1) is 17.2 Å². The first-order valence-electron chi connectivity index (χ1n) is 5.53. The summed E-state index contributed by atoms with van der Waals surface area (Å²) in [4.78, 5) is 4.15. The van der Waals surface area contributed by atoms with Crippen molar-refractivity contribution in [3.63, 3.8) is 0 Å². The van der Waals surface area contributed by atoms with Gasteiger partial charge in [-0.25, -0.2) is 4.99 Å². The number of nitrogens with two attached hydrogens (primary N) is 1. The Morgan fingerprint density at radius 1 is 1.50 bits per heavy atom. The van der Waals surface area contributed by atoms with E-state index in [0.29, 0.717) is 12.3 Å². The highest BCUT2D eigenvalue weighted by molar-refractivity contribution is 5.61. The normalized spacial score (nSPS) is 28.9. The second-order valence-corrected chi connectivity index (χ2v) is 4.08. The molecule has 16 heavy (non-hydrogen) atoms. The number of nitrogens with zero attached hydrogens (tertiary/aromatic N) is 2. The van der Waals surface area contributed by atoms with Crippen molar-refractivity contribution in [1.82, 2.24) is 0 Å². The smallest absolute Gasteiger partial charge is 0.210 e. The van der Waals surface area contributed by atoms with Gasteiger partial charge in [-0.1, -0.05) is 6.08 Å². The molecule has 0 aromatic carbocycles. The maximum Gasteiger partial charge on any atom is 0.210 e. The molecular formula is C12H15N3O. The third-order valence-corrected chi connectivity index (χ3v) is 2.77. The van der Waals surface area contributed by atoms with E-state index in [-0.39, 0.29) is 12.0 Å². The summed E-state index contributed by atoms with van der Waals surface area (Å²) in [6.45, 7) is 0. The van der Waals surface area contributed by atoms with E-state index in [1.165, 1.54) is 0 Å². The molecule has 0 spiro atoms. The fraction of sp³-hybridized carbons (Fsp3) is 0.500. The van der Waals surface area contributed by atoms with Crippen molar-refractivity contribution >= 4 is 6.21 Å². The van der Waals surface area contributed by atoms with E-state index in [4.69, 9.17) is 15.7 Å². The summed E-state index contributed by atoms with van der Waals surface area (Å²) in [5, 5.41) is 8.81. The average Bonchev–Trinajstić information content (AvgIpc) is 2.32. The highest BCUT2D eigenvalue weighted by atomic mass is 16.5. The van der Waals surface area contributed by atoms with Crippen LogP contribution in [0.4, 0.5) is 0 Å². The summed E-state index contributed by atoms with van der Waals surface area (Å²) in [5.74, 6) is 0.480. The lowest BCUT2D eigenvalue weighted by Crippen LogP contribution is -2.18. The molecule has 2 atom stereocenters. The largest absolute Gasteiger partial charge is 0.474 e. The highest BCUT2D eigenvalue weighted by Gasteiger charge is 2.17. The minimum absolute atomic E-state index is 0.100. The number of hydrogen-bond acceptors (Lipinski definition) is 4. The first-order valence-corrected chi connectivity index (χ1v) is 5.53. The molecule has 0 aromatic heterocycles. The van der Waals surface area contributed by atoms with Gasteiger partial charge in [0, 0.05) is 24.8 Å².